The Bertz CT molecular complexity index is 729. The third-order valence-corrected chi connectivity index (χ3v) is 4.97. The lowest BCUT2D eigenvalue weighted by atomic mass is 9.96. The van der Waals surface area contributed by atoms with Crippen LogP contribution in [0.3, 0.4) is 0 Å². The van der Waals surface area contributed by atoms with Gasteiger partial charge in [0.1, 0.15) is 6.04 Å². The van der Waals surface area contributed by atoms with E-state index < -0.39 is 36.7 Å². The number of carbonyl (C=O) groups excluding carboxylic acids is 1. The van der Waals surface area contributed by atoms with Crippen LogP contribution in [0.25, 0.3) is 0 Å². The van der Waals surface area contributed by atoms with Crippen molar-refractivity contribution in [3.05, 3.63) is 35.4 Å². The Labute approximate surface area is 175 Å². The van der Waals surface area contributed by atoms with E-state index in [9.17, 15) is 24.6 Å². The molecule has 1 aromatic carbocycles. The van der Waals surface area contributed by atoms with Gasteiger partial charge in [0.2, 0.25) is 0 Å². The van der Waals surface area contributed by atoms with E-state index in [4.69, 9.17) is 9.84 Å². The average Bonchev–Trinajstić information content (AvgIpc) is 3.21. The topological polar surface area (TPSA) is 136 Å². The molecule has 1 aliphatic rings. The van der Waals surface area contributed by atoms with Crippen LogP contribution >= 0.6 is 0 Å². The number of hydrogen-bond donors (Lipinski definition) is 4. The first kappa shape index (κ1) is 23.6. The highest BCUT2D eigenvalue weighted by atomic mass is 16.5. The van der Waals surface area contributed by atoms with Crippen molar-refractivity contribution in [2.75, 3.05) is 26.3 Å². The molecule has 2 unspecified atom stereocenters. The molecule has 1 saturated heterocycles. The first-order valence-corrected chi connectivity index (χ1v) is 10.0. The van der Waals surface area contributed by atoms with Gasteiger partial charge in [0.05, 0.1) is 13.2 Å². The van der Waals surface area contributed by atoms with Crippen LogP contribution in [-0.4, -0.2) is 76.6 Å². The van der Waals surface area contributed by atoms with Crippen LogP contribution in [0.5, 0.6) is 0 Å². The van der Waals surface area contributed by atoms with Crippen LogP contribution in [0, 0.1) is 5.92 Å². The quantitative estimate of drug-likeness (QED) is 0.446. The third-order valence-electron chi connectivity index (χ3n) is 4.97. The number of amides is 2. The molecule has 30 heavy (non-hydrogen) atoms. The lowest BCUT2D eigenvalue weighted by Gasteiger charge is -2.27. The van der Waals surface area contributed by atoms with Crippen LogP contribution in [-0.2, 0) is 20.7 Å². The van der Waals surface area contributed by atoms with Crippen molar-refractivity contribution >= 4 is 18.0 Å². The summed E-state index contributed by atoms with van der Waals surface area (Å²) in [6.07, 6.45) is -0.703. The second-order valence-corrected chi connectivity index (χ2v) is 8.00. The maximum absolute atomic E-state index is 12.6. The third kappa shape index (κ3) is 7.00. The number of nitrogens with zero attached hydrogens (tertiary/aromatic N) is 1. The van der Waals surface area contributed by atoms with Gasteiger partial charge in [-0.3, -0.25) is 0 Å². The molecule has 0 spiro atoms. The van der Waals surface area contributed by atoms with Crippen LogP contribution in [0.2, 0.25) is 0 Å². The molecule has 1 heterocycles. The van der Waals surface area contributed by atoms with Gasteiger partial charge in [-0.1, -0.05) is 38.1 Å². The van der Waals surface area contributed by atoms with E-state index in [1.165, 1.54) is 0 Å². The van der Waals surface area contributed by atoms with E-state index in [1.807, 2.05) is 38.1 Å². The SMILES string of the molecule is CC(C)CN(CC(O)C(=O)O)C(=O)N[C@@H](Cc1ccc(C2CCOC2)cc1)C(=O)O. The minimum atomic E-state index is -1.75. The first-order valence-electron chi connectivity index (χ1n) is 10.0. The molecular formula is C21H30N2O7. The van der Waals surface area contributed by atoms with Gasteiger partial charge < -0.3 is 30.3 Å². The minimum absolute atomic E-state index is 0.00661. The summed E-state index contributed by atoms with van der Waals surface area (Å²) in [6, 6.07) is 5.67. The van der Waals surface area contributed by atoms with Crippen molar-refractivity contribution in [1.82, 2.24) is 10.2 Å². The lowest BCUT2D eigenvalue weighted by Crippen LogP contribution is -2.52. The number of aliphatic hydroxyl groups is 1. The highest BCUT2D eigenvalue weighted by molar-refractivity contribution is 5.83. The number of hydrogen-bond acceptors (Lipinski definition) is 5. The number of aliphatic carboxylic acids is 2. The number of nitrogens with one attached hydrogen (secondary N) is 1. The van der Waals surface area contributed by atoms with Gasteiger partial charge in [-0.2, -0.15) is 0 Å². The fourth-order valence-corrected chi connectivity index (χ4v) is 3.37. The zero-order chi connectivity index (χ0) is 22.3. The summed E-state index contributed by atoms with van der Waals surface area (Å²) in [4.78, 5) is 36.4. The predicted molar refractivity (Wildman–Crippen MR) is 108 cm³/mol. The van der Waals surface area contributed by atoms with Crippen molar-refractivity contribution in [3.8, 4) is 0 Å². The van der Waals surface area contributed by atoms with Gasteiger partial charge >= 0.3 is 18.0 Å². The molecule has 9 nitrogen and oxygen atoms in total. The molecule has 0 aliphatic carbocycles. The number of rotatable bonds is 10. The van der Waals surface area contributed by atoms with Gasteiger partial charge in [-0.15, -0.1) is 0 Å². The van der Waals surface area contributed by atoms with Gasteiger partial charge in [0, 0.05) is 25.5 Å². The van der Waals surface area contributed by atoms with E-state index in [0.29, 0.717) is 12.5 Å². The maximum Gasteiger partial charge on any atom is 0.334 e. The number of urea groups is 1. The van der Waals surface area contributed by atoms with Gasteiger partial charge in [0.15, 0.2) is 6.10 Å². The van der Waals surface area contributed by atoms with Crippen molar-refractivity contribution in [2.24, 2.45) is 5.92 Å². The van der Waals surface area contributed by atoms with E-state index in [-0.39, 0.29) is 18.9 Å². The standard InChI is InChI=1S/C21H30N2O7/c1-13(2)10-23(11-18(24)20(27)28)21(29)22-17(19(25)26)9-14-3-5-15(6-4-14)16-7-8-30-12-16/h3-6,13,16-18,24H,7-12H2,1-2H3,(H,22,29)(H,25,26)(H,27,28)/t16?,17-,18?/m0/s1. The fraction of sp³-hybridized carbons (Fsp3) is 0.571. The summed E-state index contributed by atoms with van der Waals surface area (Å²) in [7, 11) is 0. The molecule has 1 fully saturated rings. The molecule has 0 saturated carbocycles. The summed E-state index contributed by atoms with van der Waals surface area (Å²) in [6.45, 7) is 4.84. The normalized spacial score (nSPS) is 18.1. The Kier molecular flexibility index (Phi) is 8.61. The molecule has 166 valence electrons. The molecule has 2 amide bonds. The summed E-state index contributed by atoms with van der Waals surface area (Å²) < 4.78 is 5.39. The second-order valence-electron chi connectivity index (χ2n) is 8.00. The number of ether oxygens (including phenoxy) is 1. The number of carboxylic acid groups (broad SMARTS) is 2. The molecule has 0 bridgehead atoms. The average molecular weight is 422 g/mol. The molecule has 1 aliphatic heterocycles. The largest absolute Gasteiger partial charge is 0.480 e. The first-order chi connectivity index (χ1) is 14.2. The Balaban J connectivity index is 2.04. The van der Waals surface area contributed by atoms with Gasteiger partial charge in [-0.25, -0.2) is 14.4 Å². The second kappa shape index (κ2) is 10.9. The molecular weight excluding hydrogens is 392 g/mol. The lowest BCUT2D eigenvalue weighted by molar-refractivity contribution is -0.147. The van der Waals surface area contributed by atoms with Crippen LogP contribution in [0.4, 0.5) is 4.79 Å². The van der Waals surface area contributed by atoms with Crippen molar-refractivity contribution in [2.45, 2.75) is 44.8 Å². The highest BCUT2D eigenvalue weighted by Crippen LogP contribution is 2.25. The molecule has 4 N–H and O–H groups in total. The number of carbonyl (C=O) groups is 3. The Hall–Kier alpha value is -2.65. The monoisotopic (exact) mass is 422 g/mol. The Morgan fingerprint density at radius 3 is 2.30 bits per heavy atom. The Morgan fingerprint density at radius 1 is 1.13 bits per heavy atom. The van der Waals surface area contributed by atoms with Crippen molar-refractivity contribution in [3.63, 3.8) is 0 Å². The molecule has 2 rings (SSSR count). The van der Waals surface area contributed by atoms with Crippen LogP contribution in [0.15, 0.2) is 24.3 Å². The molecule has 9 heteroatoms. The van der Waals surface area contributed by atoms with Gasteiger partial charge in [0.25, 0.3) is 0 Å². The van der Waals surface area contributed by atoms with E-state index in [2.05, 4.69) is 5.32 Å². The van der Waals surface area contributed by atoms with E-state index >= 15 is 0 Å². The van der Waals surface area contributed by atoms with Crippen LogP contribution < -0.4 is 5.32 Å². The van der Waals surface area contributed by atoms with Crippen molar-refractivity contribution in [1.29, 1.82) is 0 Å². The van der Waals surface area contributed by atoms with E-state index in [1.54, 1.807) is 0 Å². The molecule has 0 aromatic heterocycles. The van der Waals surface area contributed by atoms with Gasteiger partial charge in [-0.05, 0) is 23.5 Å². The minimum Gasteiger partial charge on any atom is -0.480 e. The molecule has 3 atom stereocenters. The zero-order valence-electron chi connectivity index (χ0n) is 17.3. The predicted octanol–water partition coefficient (Wildman–Crippen LogP) is 1.30. The summed E-state index contributed by atoms with van der Waals surface area (Å²) in [5.41, 5.74) is 1.89. The fourth-order valence-electron chi connectivity index (χ4n) is 3.37. The number of benzene rings is 1. The maximum atomic E-state index is 12.6. The summed E-state index contributed by atoms with van der Waals surface area (Å²) in [5.74, 6) is -2.29. The molecule has 1 aromatic rings. The number of carboxylic acids is 2. The number of aliphatic hydroxyl groups excluding tert-OH is 1. The summed E-state index contributed by atoms with van der Waals surface area (Å²) >= 11 is 0. The molecule has 0 radical (unpaired) electrons. The smallest absolute Gasteiger partial charge is 0.334 e. The Morgan fingerprint density at radius 2 is 1.80 bits per heavy atom. The highest BCUT2D eigenvalue weighted by Gasteiger charge is 2.27. The van der Waals surface area contributed by atoms with Crippen LogP contribution in [0.1, 0.15) is 37.3 Å². The summed E-state index contributed by atoms with van der Waals surface area (Å²) in [5, 5.41) is 30.5. The zero-order valence-corrected chi connectivity index (χ0v) is 17.3. The van der Waals surface area contributed by atoms with E-state index in [0.717, 1.165) is 29.1 Å². The van der Waals surface area contributed by atoms with Crippen molar-refractivity contribution < 1.29 is 34.4 Å².